The van der Waals surface area contributed by atoms with E-state index in [1.165, 1.54) is 19.3 Å². The molecule has 3 heterocycles. The molecule has 2 aromatic rings. The molecule has 1 unspecified atom stereocenters. The number of allylic oxidation sites excluding steroid dienone is 2. The standard InChI is InChI=1S/C20H26N6O/c1-24(20(27)15-6-3-2-4-7-15)16-12-25(13-16)18-11-10-17-21-22-19(26(17)23-18)14-8-5-9-14/h2-3,10-11,14-16H,4-9,12-13H2,1H3. The van der Waals surface area contributed by atoms with Crippen LogP contribution >= 0.6 is 0 Å². The molecule has 1 saturated heterocycles. The van der Waals surface area contributed by atoms with Crippen molar-refractivity contribution in [2.24, 2.45) is 5.92 Å². The predicted molar refractivity (Wildman–Crippen MR) is 103 cm³/mol. The summed E-state index contributed by atoms with van der Waals surface area (Å²) in [7, 11) is 1.95. The highest BCUT2D eigenvalue weighted by Gasteiger charge is 2.36. The summed E-state index contributed by atoms with van der Waals surface area (Å²) in [4.78, 5) is 16.9. The Bertz CT molecular complexity index is 880. The zero-order valence-corrected chi connectivity index (χ0v) is 15.8. The average molecular weight is 366 g/mol. The van der Waals surface area contributed by atoms with Crippen molar-refractivity contribution >= 4 is 17.4 Å². The third-order valence-electron chi connectivity index (χ3n) is 6.44. The van der Waals surface area contributed by atoms with E-state index in [4.69, 9.17) is 5.10 Å². The Morgan fingerprint density at radius 2 is 2.00 bits per heavy atom. The molecule has 1 aliphatic heterocycles. The number of hydrogen-bond acceptors (Lipinski definition) is 5. The van der Waals surface area contributed by atoms with E-state index in [9.17, 15) is 4.79 Å². The predicted octanol–water partition coefficient (Wildman–Crippen LogP) is 2.40. The molecule has 7 heteroatoms. The number of fused-ring (bicyclic) bond motifs is 1. The number of rotatable bonds is 4. The van der Waals surface area contributed by atoms with Gasteiger partial charge in [-0.3, -0.25) is 4.79 Å². The maximum atomic E-state index is 12.7. The molecular weight excluding hydrogens is 340 g/mol. The van der Waals surface area contributed by atoms with Gasteiger partial charge in [0.15, 0.2) is 11.5 Å². The van der Waals surface area contributed by atoms with Gasteiger partial charge in [0, 0.05) is 32.0 Å². The van der Waals surface area contributed by atoms with E-state index in [2.05, 4.69) is 27.2 Å². The molecule has 1 atom stereocenters. The number of aromatic nitrogens is 4. The normalized spacial score (nSPS) is 23.3. The largest absolute Gasteiger partial charge is 0.351 e. The Kier molecular flexibility index (Phi) is 4.10. The first-order chi connectivity index (χ1) is 13.2. The first-order valence-electron chi connectivity index (χ1n) is 10.1. The van der Waals surface area contributed by atoms with Crippen LogP contribution in [0, 0.1) is 5.92 Å². The SMILES string of the molecule is CN(C(=O)C1CC=CCC1)C1CN(c2ccc3nnc(C4CCC4)n3n2)C1. The molecule has 2 aromatic heterocycles. The lowest BCUT2D eigenvalue weighted by Crippen LogP contribution is -2.61. The number of amides is 1. The second-order valence-electron chi connectivity index (χ2n) is 8.14. The zero-order chi connectivity index (χ0) is 18.4. The van der Waals surface area contributed by atoms with E-state index in [-0.39, 0.29) is 12.0 Å². The van der Waals surface area contributed by atoms with E-state index in [1.807, 2.05) is 28.6 Å². The topological polar surface area (TPSA) is 66.6 Å². The number of carbonyl (C=O) groups is 1. The van der Waals surface area contributed by atoms with Gasteiger partial charge in [-0.1, -0.05) is 18.6 Å². The van der Waals surface area contributed by atoms with Gasteiger partial charge in [0.05, 0.1) is 6.04 Å². The van der Waals surface area contributed by atoms with E-state index >= 15 is 0 Å². The first-order valence-corrected chi connectivity index (χ1v) is 10.1. The van der Waals surface area contributed by atoms with Crippen LogP contribution in [0.3, 0.4) is 0 Å². The van der Waals surface area contributed by atoms with Gasteiger partial charge in [0.1, 0.15) is 5.82 Å². The quantitative estimate of drug-likeness (QED) is 0.778. The van der Waals surface area contributed by atoms with E-state index < -0.39 is 0 Å². The first kappa shape index (κ1) is 16.7. The smallest absolute Gasteiger partial charge is 0.226 e. The molecule has 1 saturated carbocycles. The molecule has 27 heavy (non-hydrogen) atoms. The van der Waals surface area contributed by atoms with Gasteiger partial charge < -0.3 is 9.80 Å². The van der Waals surface area contributed by atoms with Crippen LogP contribution in [0.15, 0.2) is 24.3 Å². The van der Waals surface area contributed by atoms with Gasteiger partial charge in [-0.15, -0.1) is 15.3 Å². The van der Waals surface area contributed by atoms with Crippen LogP contribution in [0.2, 0.25) is 0 Å². The lowest BCUT2D eigenvalue weighted by molar-refractivity contribution is -0.137. The Balaban J connectivity index is 1.26. The van der Waals surface area contributed by atoms with Gasteiger partial charge in [-0.05, 0) is 44.2 Å². The van der Waals surface area contributed by atoms with Crippen molar-refractivity contribution in [1.82, 2.24) is 24.7 Å². The molecule has 0 bridgehead atoms. The molecule has 0 N–H and O–H groups in total. The minimum Gasteiger partial charge on any atom is -0.351 e. The molecule has 2 fully saturated rings. The fourth-order valence-electron chi connectivity index (χ4n) is 4.26. The third-order valence-corrected chi connectivity index (χ3v) is 6.44. The summed E-state index contributed by atoms with van der Waals surface area (Å²) in [6, 6.07) is 4.28. The molecular formula is C20H26N6O. The Morgan fingerprint density at radius 1 is 1.15 bits per heavy atom. The number of hydrogen-bond donors (Lipinski definition) is 0. The summed E-state index contributed by atoms with van der Waals surface area (Å²) in [6.45, 7) is 1.67. The fourth-order valence-corrected chi connectivity index (χ4v) is 4.26. The van der Waals surface area contributed by atoms with E-state index in [0.29, 0.717) is 11.8 Å². The summed E-state index contributed by atoms with van der Waals surface area (Å²) in [5.74, 6) is 2.89. The van der Waals surface area contributed by atoms with Crippen LogP contribution in [0.25, 0.3) is 5.65 Å². The molecule has 0 radical (unpaired) electrons. The summed E-state index contributed by atoms with van der Waals surface area (Å²) in [6.07, 6.45) is 10.8. The second-order valence-corrected chi connectivity index (χ2v) is 8.14. The number of anilines is 1. The molecule has 3 aliphatic rings. The lowest BCUT2D eigenvalue weighted by Gasteiger charge is -2.45. The Hall–Kier alpha value is -2.44. The van der Waals surface area contributed by atoms with Gasteiger partial charge in [-0.25, -0.2) is 0 Å². The van der Waals surface area contributed by atoms with Crippen molar-refractivity contribution in [3.8, 4) is 0 Å². The van der Waals surface area contributed by atoms with Crippen LogP contribution in [0.5, 0.6) is 0 Å². The highest BCUT2D eigenvalue weighted by molar-refractivity contribution is 5.79. The number of carbonyl (C=O) groups excluding carboxylic acids is 1. The van der Waals surface area contributed by atoms with Crippen molar-refractivity contribution in [3.63, 3.8) is 0 Å². The maximum absolute atomic E-state index is 12.7. The summed E-state index contributed by atoms with van der Waals surface area (Å²) >= 11 is 0. The zero-order valence-electron chi connectivity index (χ0n) is 15.8. The third kappa shape index (κ3) is 2.89. The molecule has 1 amide bonds. The van der Waals surface area contributed by atoms with Gasteiger partial charge in [0.25, 0.3) is 0 Å². The summed E-state index contributed by atoms with van der Waals surface area (Å²) in [5, 5.41) is 13.4. The van der Waals surface area contributed by atoms with Gasteiger partial charge in [0.2, 0.25) is 5.91 Å². The maximum Gasteiger partial charge on any atom is 0.226 e. The van der Waals surface area contributed by atoms with Crippen LogP contribution in [-0.4, -0.2) is 56.8 Å². The summed E-state index contributed by atoms with van der Waals surface area (Å²) < 4.78 is 1.91. The average Bonchev–Trinajstić information content (AvgIpc) is 3.02. The number of nitrogens with zero attached hydrogens (tertiary/aromatic N) is 6. The molecule has 5 rings (SSSR count). The molecule has 0 spiro atoms. The van der Waals surface area contributed by atoms with Crippen molar-refractivity contribution in [2.45, 2.75) is 50.5 Å². The van der Waals surface area contributed by atoms with Crippen molar-refractivity contribution in [1.29, 1.82) is 0 Å². The van der Waals surface area contributed by atoms with Gasteiger partial charge >= 0.3 is 0 Å². The molecule has 7 nitrogen and oxygen atoms in total. The van der Waals surface area contributed by atoms with Gasteiger partial charge in [-0.2, -0.15) is 4.52 Å². The van der Waals surface area contributed by atoms with Crippen LogP contribution in [-0.2, 0) is 4.79 Å². The minimum absolute atomic E-state index is 0.158. The minimum atomic E-state index is 0.158. The second kappa shape index (κ2) is 6.62. The highest BCUT2D eigenvalue weighted by Crippen LogP contribution is 2.35. The number of likely N-dealkylation sites (N-methyl/N-ethyl adjacent to an activating group) is 1. The van der Waals surface area contributed by atoms with Crippen LogP contribution in [0.4, 0.5) is 5.82 Å². The molecule has 142 valence electrons. The highest BCUT2D eigenvalue weighted by atomic mass is 16.2. The van der Waals surface area contributed by atoms with Crippen LogP contribution in [0.1, 0.15) is 50.3 Å². The van der Waals surface area contributed by atoms with Crippen molar-refractivity contribution in [3.05, 3.63) is 30.1 Å². The summed E-state index contributed by atoms with van der Waals surface area (Å²) in [5.41, 5.74) is 0.815. The molecule has 0 aromatic carbocycles. The molecule has 2 aliphatic carbocycles. The Labute approximate surface area is 159 Å². The van der Waals surface area contributed by atoms with Crippen molar-refractivity contribution in [2.75, 3.05) is 25.0 Å². The lowest BCUT2D eigenvalue weighted by atomic mass is 9.85. The fraction of sp³-hybridized carbons (Fsp3) is 0.600. The van der Waals surface area contributed by atoms with E-state index in [0.717, 1.165) is 49.6 Å². The van der Waals surface area contributed by atoms with Crippen molar-refractivity contribution < 1.29 is 4.79 Å². The monoisotopic (exact) mass is 366 g/mol. The Morgan fingerprint density at radius 3 is 2.70 bits per heavy atom. The van der Waals surface area contributed by atoms with E-state index in [1.54, 1.807) is 0 Å². The van der Waals surface area contributed by atoms with Crippen LogP contribution < -0.4 is 4.90 Å².